The van der Waals surface area contributed by atoms with Crippen molar-refractivity contribution in [3.8, 4) is 11.3 Å². The highest BCUT2D eigenvalue weighted by atomic mass is 16.4. The normalized spacial score (nSPS) is 10.8. The van der Waals surface area contributed by atoms with Gasteiger partial charge < -0.3 is 10.1 Å². The zero-order valence-electron chi connectivity index (χ0n) is 10.5. The zero-order valence-corrected chi connectivity index (χ0v) is 10.5. The number of rotatable bonds is 2. The molecule has 1 heterocycles. The fraction of sp³-hybridized carbons (Fsp3) is 0.0625. The molecule has 0 amide bonds. The number of carboxylic acid groups (broad SMARTS) is 1. The number of benzene rings is 2. The molecule has 0 aliphatic rings. The van der Waals surface area contributed by atoms with Crippen molar-refractivity contribution in [1.29, 1.82) is 0 Å². The summed E-state index contributed by atoms with van der Waals surface area (Å²) in [6.45, 7) is 1.98. The lowest BCUT2D eigenvalue weighted by atomic mass is 10.0. The maximum atomic E-state index is 11.6. The first-order valence-electron chi connectivity index (χ1n) is 6.08. The molecular weight excluding hydrogens is 238 g/mol. The van der Waals surface area contributed by atoms with Gasteiger partial charge in [-0.05, 0) is 18.6 Å². The highest BCUT2D eigenvalue weighted by Gasteiger charge is 2.19. The average molecular weight is 251 g/mol. The van der Waals surface area contributed by atoms with Crippen LogP contribution in [0.2, 0.25) is 0 Å². The molecule has 3 nitrogen and oxygen atoms in total. The van der Waals surface area contributed by atoms with Crippen LogP contribution in [0.4, 0.5) is 0 Å². The Morgan fingerprint density at radius 2 is 1.74 bits per heavy atom. The van der Waals surface area contributed by atoms with Crippen molar-refractivity contribution in [3.05, 3.63) is 59.7 Å². The molecule has 3 rings (SSSR count). The Balaban J connectivity index is 2.38. The lowest BCUT2D eigenvalue weighted by Gasteiger charge is -2.04. The van der Waals surface area contributed by atoms with Crippen LogP contribution < -0.4 is 0 Å². The maximum Gasteiger partial charge on any atom is 0.338 e. The number of aryl methyl sites for hydroxylation is 1. The van der Waals surface area contributed by atoms with Gasteiger partial charge >= 0.3 is 5.97 Å². The predicted octanol–water partition coefficient (Wildman–Crippen LogP) is 3.84. The summed E-state index contributed by atoms with van der Waals surface area (Å²) in [6, 6.07) is 15.2. The van der Waals surface area contributed by atoms with Crippen molar-refractivity contribution < 1.29 is 9.90 Å². The number of carboxylic acids is 1. The number of carbonyl (C=O) groups is 1. The molecule has 0 unspecified atom stereocenters. The molecule has 3 heteroatoms. The zero-order chi connectivity index (χ0) is 13.4. The third-order valence-corrected chi connectivity index (χ3v) is 3.33. The number of fused-ring (bicyclic) bond motifs is 1. The number of aromatic amines is 1. The lowest BCUT2D eigenvalue weighted by molar-refractivity contribution is 0.0700. The van der Waals surface area contributed by atoms with Gasteiger partial charge in [-0.1, -0.05) is 42.5 Å². The first kappa shape index (κ1) is 11.5. The van der Waals surface area contributed by atoms with Gasteiger partial charge in [0.2, 0.25) is 0 Å². The number of H-pyrrole nitrogens is 1. The summed E-state index contributed by atoms with van der Waals surface area (Å²) in [4.78, 5) is 14.8. The van der Waals surface area contributed by atoms with E-state index in [2.05, 4.69) is 4.98 Å². The minimum Gasteiger partial charge on any atom is -0.478 e. The number of nitrogens with one attached hydrogen (secondary N) is 1. The number of hydrogen-bond acceptors (Lipinski definition) is 1. The Morgan fingerprint density at radius 3 is 2.47 bits per heavy atom. The SMILES string of the molecule is Cc1ccccc1-c1[nH]c2ccccc2c1C(=O)O. The molecular formula is C16H13NO2. The maximum absolute atomic E-state index is 11.6. The van der Waals surface area contributed by atoms with E-state index in [1.165, 1.54) is 0 Å². The van der Waals surface area contributed by atoms with E-state index in [0.717, 1.165) is 22.0 Å². The molecule has 0 saturated heterocycles. The fourth-order valence-electron chi connectivity index (χ4n) is 2.42. The molecule has 0 fully saturated rings. The van der Waals surface area contributed by atoms with Crippen LogP contribution in [-0.4, -0.2) is 16.1 Å². The van der Waals surface area contributed by atoms with E-state index in [0.29, 0.717) is 11.3 Å². The first-order valence-corrected chi connectivity index (χ1v) is 6.08. The Bertz CT molecular complexity index is 771. The largest absolute Gasteiger partial charge is 0.478 e. The quantitative estimate of drug-likeness (QED) is 0.727. The van der Waals surface area contributed by atoms with Gasteiger partial charge in [0.1, 0.15) is 0 Å². The minimum absolute atomic E-state index is 0.338. The van der Waals surface area contributed by atoms with Crippen molar-refractivity contribution >= 4 is 16.9 Å². The molecule has 1 aromatic heterocycles. The van der Waals surface area contributed by atoms with Gasteiger partial charge in [0.05, 0.1) is 11.3 Å². The smallest absolute Gasteiger partial charge is 0.338 e. The van der Waals surface area contributed by atoms with E-state index < -0.39 is 5.97 Å². The van der Waals surface area contributed by atoms with E-state index in [1.807, 2.05) is 55.5 Å². The third-order valence-electron chi connectivity index (χ3n) is 3.33. The van der Waals surface area contributed by atoms with Crippen LogP contribution in [0.1, 0.15) is 15.9 Å². The highest BCUT2D eigenvalue weighted by Crippen LogP contribution is 2.31. The van der Waals surface area contributed by atoms with Crippen molar-refractivity contribution in [2.75, 3.05) is 0 Å². The Kier molecular flexibility index (Phi) is 2.60. The fourth-order valence-corrected chi connectivity index (χ4v) is 2.42. The van der Waals surface area contributed by atoms with E-state index >= 15 is 0 Å². The number of aromatic nitrogens is 1. The molecule has 0 spiro atoms. The van der Waals surface area contributed by atoms with Crippen molar-refractivity contribution in [3.63, 3.8) is 0 Å². The molecule has 2 N–H and O–H groups in total. The molecule has 3 aromatic rings. The topological polar surface area (TPSA) is 53.1 Å². The summed E-state index contributed by atoms with van der Waals surface area (Å²) in [5.74, 6) is -0.907. The molecule has 19 heavy (non-hydrogen) atoms. The summed E-state index contributed by atoms with van der Waals surface area (Å²) >= 11 is 0. The van der Waals surface area contributed by atoms with Gasteiger partial charge in [-0.2, -0.15) is 0 Å². The van der Waals surface area contributed by atoms with Gasteiger partial charge in [0.15, 0.2) is 0 Å². The van der Waals surface area contributed by atoms with Gasteiger partial charge in [-0.25, -0.2) is 4.79 Å². The van der Waals surface area contributed by atoms with Crippen LogP contribution in [0.5, 0.6) is 0 Å². The molecule has 0 radical (unpaired) electrons. The Labute approximate surface area is 110 Å². The van der Waals surface area contributed by atoms with E-state index in [4.69, 9.17) is 0 Å². The average Bonchev–Trinajstić information content (AvgIpc) is 2.78. The second-order valence-electron chi connectivity index (χ2n) is 4.54. The van der Waals surface area contributed by atoms with Crippen LogP contribution in [-0.2, 0) is 0 Å². The standard InChI is InChI=1S/C16H13NO2/c1-10-6-2-3-7-11(10)15-14(16(18)19)12-8-4-5-9-13(12)17-15/h2-9,17H,1H3,(H,18,19). The number of para-hydroxylation sites is 1. The van der Waals surface area contributed by atoms with Crippen molar-refractivity contribution in [2.24, 2.45) is 0 Å². The predicted molar refractivity (Wildman–Crippen MR) is 75.4 cm³/mol. The van der Waals surface area contributed by atoms with Gasteiger partial charge in [0, 0.05) is 16.5 Å². The van der Waals surface area contributed by atoms with Crippen LogP contribution >= 0.6 is 0 Å². The minimum atomic E-state index is -0.907. The number of hydrogen-bond donors (Lipinski definition) is 2. The van der Waals surface area contributed by atoms with Gasteiger partial charge in [-0.3, -0.25) is 0 Å². The van der Waals surface area contributed by atoms with Crippen LogP contribution in [0.25, 0.3) is 22.2 Å². The molecule has 0 saturated carbocycles. The number of aromatic carboxylic acids is 1. The van der Waals surface area contributed by atoms with Gasteiger partial charge in [0.25, 0.3) is 0 Å². The van der Waals surface area contributed by atoms with Crippen LogP contribution in [0.3, 0.4) is 0 Å². The van der Waals surface area contributed by atoms with Crippen molar-refractivity contribution in [1.82, 2.24) is 4.98 Å². The molecule has 0 aliphatic carbocycles. The summed E-state index contributed by atoms with van der Waals surface area (Å²) in [7, 11) is 0. The van der Waals surface area contributed by atoms with E-state index in [9.17, 15) is 9.90 Å². The van der Waals surface area contributed by atoms with Crippen LogP contribution in [0.15, 0.2) is 48.5 Å². The molecule has 94 valence electrons. The third kappa shape index (κ3) is 1.80. The molecule has 2 aromatic carbocycles. The second kappa shape index (κ2) is 4.28. The Hall–Kier alpha value is -2.55. The van der Waals surface area contributed by atoms with Crippen molar-refractivity contribution in [2.45, 2.75) is 6.92 Å². The van der Waals surface area contributed by atoms with Crippen LogP contribution in [0, 0.1) is 6.92 Å². The van der Waals surface area contributed by atoms with E-state index in [1.54, 1.807) is 0 Å². The van der Waals surface area contributed by atoms with E-state index in [-0.39, 0.29) is 0 Å². The molecule has 0 aliphatic heterocycles. The lowest BCUT2D eigenvalue weighted by Crippen LogP contribution is -1.98. The first-order chi connectivity index (χ1) is 9.18. The second-order valence-corrected chi connectivity index (χ2v) is 4.54. The molecule has 0 bridgehead atoms. The summed E-state index contributed by atoms with van der Waals surface area (Å²) in [5.41, 5.74) is 3.84. The molecule has 0 atom stereocenters. The summed E-state index contributed by atoms with van der Waals surface area (Å²) < 4.78 is 0. The van der Waals surface area contributed by atoms with Gasteiger partial charge in [-0.15, -0.1) is 0 Å². The Morgan fingerprint density at radius 1 is 1.05 bits per heavy atom. The highest BCUT2D eigenvalue weighted by molar-refractivity contribution is 6.09. The summed E-state index contributed by atoms with van der Waals surface area (Å²) in [6.07, 6.45) is 0. The summed E-state index contributed by atoms with van der Waals surface area (Å²) in [5, 5.41) is 10.2. The monoisotopic (exact) mass is 251 g/mol.